The maximum absolute atomic E-state index is 14.1. The van der Waals surface area contributed by atoms with Crippen molar-refractivity contribution in [1.29, 1.82) is 0 Å². The molecule has 0 aromatic heterocycles. The molecule has 1 heterocycles. The van der Waals surface area contributed by atoms with Gasteiger partial charge in [0.05, 0.1) is 6.42 Å². The number of carbonyl (C=O) groups excluding carboxylic acids is 2. The molecule has 1 aliphatic heterocycles. The van der Waals surface area contributed by atoms with Crippen LogP contribution in [-0.2, 0) is 46.9 Å². The van der Waals surface area contributed by atoms with Crippen molar-refractivity contribution in [3.8, 4) is 0 Å². The van der Waals surface area contributed by atoms with E-state index in [1.165, 1.54) is 16.7 Å². The molecule has 0 saturated carbocycles. The first kappa shape index (κ1) is 31.0. The Hall–Kier alpha value is -5.00. The third-order valence-electron chi connectivity index (χ3n) is 8.87. The summed E-state index contributed by atoms with van der Waals surface area (Å²) in [5, 5.41) is 0. The number of amides is 1. The molecule has 2 atom stereocenters. The third-order valence-corrected chi connectivity index (χ3v) is 8.87. The lowest BCUT2D eigenvalue weighted by molar-refractivity contribution is -0.182. The summed E-state index contributed by atoms with van der Waals surface area (Å²) >= 11 is 0. The summed E-state index contributed by atoms with van der Waals surface area (Å²) in [5.74, 6) is -0.374. The summed E-state index contributed by atoms with van der Waals surface area (Å²) < 4.78 is 5.99. The maximum atomic E-state index is 14.1. The van der Waals surface area contributed by atoms with Gasteiger partial charge in [-0.25, -0.2) is 4.79 Å². The van der Waals surface area contributed by atoms with Crippen molar-refractivity contribution >= 4 is 11.9 Å². The number of hydrogen-bond donors (Lipinski definition) is 0. The molecule has 5 aromatic carbocycles. The fourth-order valence-electron chi connectivity index (χ4n) is 6.42. The van der Waals surface area contributed by atoms with Crippen molar-refractivity contribution in [3.63, 3.8) is 0 Å². The number of likely N-dealkylation sites (tertiary alicyclic amines) is 1. The molecule has 232 valence electrons. The quantitative estimate of drug-likeness (QED) is 0.0984. The Morgan fingerprint density at radius 2 is 1.07 bits per heavy atom. The van der Waals surface area contributed by atoms with Crippen LogP contribution in [0.15, 0.2) is 152 Å². The second-order valence-electron chi connectivity index (χ2n) is 12.2. The topological polar surface area (TPSA) is 49.9 Å². The van der Waals surface area contributed by atoms with Crippen molar-refractivity contribution in [1.82, 2.24) is 9.80 Å². The highest BCUT2D eigenvalue weighted by Gasteiger charge is 2.58. The highest BCUT2D eigenvalue weighted by Crippen LogP contribution is 2.38. The van der Waals surface area contributed by atoms with Crippen LogP contribution in [-0.4, -0.2) is 39.8 Å². The van der Waals surface area contributed by atoms with Crippen molar-refractivity contribution in [2.45, 2.75) is 50.5 Å². The van der Waals surface area contributed by atoms with Crippen LogP contribution in [0.3, 0.4) is 0 Å². The summed E-state index contributed by atoms with van der Waals surface area (Å²) in [5.41, 5.74) is 4.43. The second kappa shape index (κ2) is 14.9. The standard InChI is InChI=1S/C41H40N2O3/c44-39-28-41(27-34-18-8-2-9-19-34,40(45)46-32-37-24-14-5-15-25-37)43(39)31-38(26-33-16-6-1-7-17-33)42(29-35-20-10-3-11-21-35)30-36-22-12-4-13-23-36/h1-25,38H,26-32H2/t38-,41?/m0/s1. The molecule has 5 aromatic rings. The average molecular weight is 609 g/mol. The first-order valence-corrected chi connectivity index (χ1v) is 16.0. The summed E-state index contributed by atoms with van der Waals surface area (Å²) in [6.45, 7) is 1.99. The van der Waals surface area contributed by atoms with E-state index in [-0.39, 0.29) is 30.9 Å². The van der Waals surface area contributed by atoms with E-state index in [2.05, 4.69) is 77.7 Å². The maximum Gasteiger partial charge on any atom is 0.333 e. The molecule has 1 saturated heterocycles. The molecule has 1 aliphatic rings. The lowest BCUT2D eigenvalue weighted by Gasteiger charge is -2.52. The van der Waals surface area contributed by atoms with Gasteiger partial charge in [-0.15, -0.1) is 0 Å². The molecule has 0 radical (unpaired) electrons. The van der Waals surface area contributed by atoms with E-state index in [4.69, 9.17) is 4.74 Å². The van der Waals surface area contributed by atoms with Gasteiger partial charge in [-0.3, -0.25) is 9.69 Å². The molecule has 0 spiro atoms. The molecule has 1 amide bonds. The van der Waals surface area contributed by atoms with Crippen molar-refractivity contribution in [2.75, 3.05) is 6.54 Å². The number of benzene rings is 5. The Labute approximate surface area is 272 Å². The number of ether oxygens (including phenoxy) is 1. The summed E-state index contributed by atoms with van der Waals surface area (Å²) in [6, 6.07) is 50.9. The fraction of sp³-hybridized carbons (Fsp3) is 0.220. The lowest BCUT2D eigenvalue weighted by Crippen LogP contribution is -2.71. The molecule has 1 fully saturated rings. The van der Waals surface area contributed by atoms with Crippen molar-refractivity contribution in [3.05, 3.63) is 179 Å². The highest BCUT2D eigenvalue weighted by molar-refractivity contribution is 5.99. The highest BCUT2D eigenvalue weighted by atomic mass is 16.5. The minimum Gasteiger partial charge on any atom is -0.459 e. The molecule has 46 heavy (non-hydrogen) atoms. The number of β-lactam (4-membered cyclic amide) rings is 1. The number of nitrogens with zero attached hydrogens (tertiary/aromatic N) is 2. The van der Waals surface area contributed by atoms with Gasteiger partial charge in [0.1, 0.15) is 6.61 Å². The van der Waals surface area contributed by atoms with Gasteiger partial charge in [-0.1, -0.05) is 152 Å². The van der Waals surface area contributed by atoms with Crippen LogP contribution in [0.2, 0.25) is 0 Å². The van der Waals surface area contributed by atoms with Crippen LogP contribution in [0.25, 0.3) is 0 Å². The molecule has 1 unspecified atom stereocenters. The van der Waals surface area contributed by atoms with Crippen LogP contribution < -0.4 is 0 Å². The summed E-state index contributed by atoms with van der Waals surface area (Å²) in [4.78, 5) is 32.0. The van der Waals surface area contributed by atoms with Gasteiger partial charge in [0.2, 0.25) is 5.91 Å². The Balaban J connectivity index is 1.34. The Morgan fingerprint density at radius 1 is 0.630 bits per heavy atom. The normalized spacial score (nSPS) is 16.5. The van der Waals surface area contributed by atoms with E-state index < -0.39 is 5.54 Å². The lowest BCUT2D eigenvalue weighted by atomic mass is 9.77. The molecule has 5 heteroatoms. The monoisotopic (exact) mass is 608 g/mol. The zero-order chi connectivity index (χ0) is 31.6. The van der Waals surface area contributed by atoms with E-state index in [0.717, 1.165) is 17.5 Å². The van der Waals surface area contributed by atoms with E-state index in [0.29, 0.717) is 26.1 Å². The Morgan fingerprint density at radius 3 is 1.54 bits per heavy atom. The van der Waals surface area contributed by atoms with Crippen LogP contribution in [0.5, 0.6) is 0 Å². The SMILES string of the molecule is O=C1CC(Cc2ccccc2)(C(=O)OCc2ccccc2)N1C[C@H](Cc1ccccc1)N(Cc1ccccc1)Cc1ccccc1. The van der Waals surface area contributed by atoms with Gasteiger partial charge >= 0.3 is 5.97 Å². The zero-order valence-corrected chi connectivity index (χ0v) is 26.1. The summed E-state index contributed by atoms with van der Waals surface area (Å²) in [6.07, 6.45) is 1.26. The smallest absolute Gasteiger partial charge is 0.333 e. The van der Waals surface area contributed by atoms with Crippen LogP contribution in [0.4, 0.5) is 0 Å². The molecule has 5 nitrogen and oxygen atoms in total. The molecular formula is C41H40N2O3. The minimum atomic E-state index is -1.08. The second-order valence-corrected chi connectivity index (χ2v) is 12.2. The first-order valence-electron chi connectivity index (χ1n) is 16.0. The zero-order valence-electron chi connectivity index (χ0n) is 26.1. The fourth-order valence-corrected chi connectivity index (χ4v) is 6.42. The van der Waals surface area contributed by atoms with Crippen LogP contribution in [0, 0.1) is 0 Å². The van der Waals surface area contributed by atoms with Gasteiger partial charge in [-0.2, -0.15) is 0 Å². The van der Waals surface area contributed by atoms with Crippen molar-refractivity contribution < 1.29 is 14.3 Å². The number of esters is 1. The molecule has 6 rings (SSSR count). The number of carbonyl (C=O) groups is 2. The third kappa shape index (κ3) is 7.61. The average Bonchev–Trinajstić information content (AvgIpc) is 3.10. The van der Waals surface area contributed by atoms with Gasteiger partial charge in [0.15, 0.2) is 5.54 Å². The van der Waals surface area contributed by atoms with Gasteiger partial charge in [0, 0.05) is 32.1 Å². The predicted octanol–water partition coefficient (Wildman–Crippen LogP) is 7.26. The van der Waals surface area contributed by atoms with Gasteiger partial charge in [-0.05, 0) is 34.2 Å². The number of hydrogen-bond acceptors (Lipinski definition) is 4. The Bertz CT molecular complexity index is 1640. The first-order chi connectivity index (χ1) is 22.6. The minimum absolute atomic E-state index is 0.0231. The van der Waals surface area contributed by atoms with Gasteiger partial charge in [0.25, 0.3) is 0 Å². The van der Waals surface area contributed by atoms with E-state index in [9.17, 15) is 9.59 Å². The van der Waals surface area contributed by atoms with E-state index in [1.54, 1.807) is 0 Å². The van der Waals surface area contributed by atoms with Crippen LogP contribution >= 0.6 is 0 Å². The van der Waals surface area contributed by atoms with Gasteiger partial charge < -0.3 is 9.64 Å². The Kier molecular flexibility index (Phi) is 10.0. The largest absolute Gasteiger partial charge is 0.459 e. The van der Waals surface area contributed by atoms with E-state index in [1.807, 2.05) is 83.8 Å². The van der Waals surface area contributed by atoms with E-state index >= 15 is 0 Å². The van der Waals surface area contributed by atoms with Crippen LogP contribution in [0.1, 0.15) is 34.2 Å². The molecule has 0 N–H and O–H groups in total. The predicted molar refractivity (Wildman–Crippen MR) is 182 cm³/mol. The molecule has 0 bridgehead atoms. The van der Waals surface area contributed by atoms with Crippen molar-refractivity contribution in [2.24, 2.45) is 0 Å². The molecule has 0 aliphatic carbocycles. The molecular weight excluding hydrogens is 568 g/mol. The number of rotatable bonds is 14. The summed E-state index contributed by atoms with van der Waals surface area (Å²) in [7, 11) is 0.